The molecule has 4 heterocycles. The minimum atomic E-state index is -3.91. The number of imide groups is 2. The summed E-state index contributed by atoms with van der Waals surface area (Å²) in [5.41, 5.74) is 1.87. The van der Waals surface area contributed by atoms with Crippen molar-refractivity contribution >= 4 is 67.8 Å². The first kappa shape index (κ1) is 45.1. The highest BCUT2D eigenvalue weighted by atomic mass is 32.2. The fourth-order valence-electron chi connectivity index (χ4n) is 7.25. The molecule has 7 rings (SSSR count). The van der Waals surface area contributed by atoms with Crippen molar-refractivity contribution in [3.8, 4) is 11.1 Å². The maximum Gasteiger partial charge on any atom is 0.262 e. The highest BCUT2D eigenvalue weighted by molar-refractivity contribution is 7.92. The van der Waals surface area contributed by atoms with Gasteiger partial charge < -0.3 is 25.1 Å². The first-order valence-electron chi connectivity index (χ1n) is 20.4. The number of amides is 5. The average Bonchev–Trinajstić information content (AvgIpc) is 3.80. The molecule has 0 spiro atoms. The van der Waals surface area contributed by atoms with Crippen LogP contribution in [0.4, 0.5) is 20.2 Å². The van der Waals surface area contributed by atoms with Gasteiger partial charge in [0.1, 0.15) is 17.5 Å². The molecule has 3 aromatic carbocycles. The molecule has 1 unspecified atom stereocenters. The number of rotatable bonds is 20. The number of halogens is 2. The van der Waals surface area contributed by atoms with Gasteiger partial charge in [0.2, 0.25) is 33.5 Å². The summed E-state index contributed by atoms with van der Waals surface area (Å²) in [6.07, 6.45) is 3.37. The molecule has 0 radical (unpaired) electrons. The Balaban J connectivity index is 0.816. The van der Waals surface area contributed by atoms with Crippen LogP contribution in [0.3, 0.4) is 0 Å². The maximum atomic E-state index is 15.4. The van der Waals surface area contributed by atoms with E-state index < -0.39 is 68.4 Å². The topological polar surface area (TPSA) is 235 Å². The van der Waals surface area contributed by atoms with Gasteiger partial charge in [-0.2, -0.15) is 0 Å². The lowest BCUT2D eigenvalue weighted by molar-refractivity contribution is -0.136. The number of benzene rings is 3. The Hall–Kier alpha value is -6.90. The number of hydrogen-bond acceptors (Lipinski definition) is 12. The Labute approximate surface area is 365 Å². The van der Waals surface area contributed by atoms with Crippen molar-refractivity contribution in [1.82, 2.24) is 25.5 Å². The number of sulfonamides is 1. The Morgan fingerprint density at radius 3 is 2.41 bits per heavy atom. The molecular weight excluding hydrogens is 857 g/mol. The molecule has 5 N–H and O–H groups in total. The molecule has 2 aliphatic heterocycles. The summed E-state index contributed by atoms with van der Waals surface area (Å²) in [6.45, 7) is 3.27. The van der Waals surface area contributed by atoms with Gasteiger partial charge >= 0.3 is 0 Å². The smallest absolute Gasteiger partial charge is 0.262 e. The van der Waals surface area contributed by atoms with Crippen LogP contribution >= 0.6 is 0 Å². The number of anilines is 2. The molecule has 1 atom stereocenters. The van der Waals surface area contributed by atoms with Crippen LogP contribution < -0.4 is 20.7 Å². The van der Waals surface area contributed by atoms with Crippen LogP contribution in [0.2, 0.25) is 0 Å². The number of ether oxygens (including phenoxy) is 2. The predicted molar refractivity (Wildman–Crippen MR) is 229 cm³/mol. The first-order valence-corrected chi connectivity index (χ1v) is 22.0. The highest BCUT2D eigenvalue weighted by Gasteiger charge is 2.44. The second-order valence-corrected chi connectivity index (χ2v) is 16.8. The summed E-state index contributed by atoms with van der Waals surface area (Å²) in [7, 11) is -3.91. The van der Waals surface area contributed by atoms with Gasteiger partial charge in [0.15, 0.2) is 5.82 Å². The zero-order chi connectivity index (χ0) is 45.5. The maximum absolute atomic E-state index is 15.4. The number of fused-ring (bicyclic) bond motifs is 2. The third-order valence-corrected chi connectivity index (χ3v) is 11.9. The summed E-state index contributed by atoms with van der Waals surface area (Å²) in [4.78, 5) is 83.8. The van der Waals surface area contributed by atoms with E-state index in [-0.39, 0.29) is 80.4 Å². The standard InChI is InChI=1S/C44H43F2N7O10S/c1-2-19-64(60,61)52-34-10-9-33(45)38(39(34)46)40(56)32-24-50-41-30(32)20-27(23-49-41)26-5-3-25(4-6-26)22-48-36(54)13-15-62-17-18-63-16-14-47-28-7-8-29-31(21-28)44(59)53(43(29)58)35-11-12-37(55)51-42(35)57/h3-10,20-21,23-24,35,47,52H,2,11-19,22H2,1H3,(H,48,54)(H,49,50)(H,51,55,57). The largest absolute Gasteiger partial charge is 0.383 e. The van der Waals surface area contributed by atoms with Gasteiger partial charge in [0, 0.05) is 60.5 Å². The zero-order valence-electron chi connectivity index (χ0n) is 34.4. The number of H-pyrrole nitrogens is 1. The van der Waals surface area contributed by atoms with Crippen LogP contribution in [0, 0.1) is 11.6 Å². The lowest BCUT2D eigenvalue weighted by Crippen LogP contribution is -2.54. The molecule has 1 fully saturated rings. The van der Waals surface area contributed by atoms with Crippen molar-refractivity contribution in [1.29, 1.82) is 0 Å². The van der Waals surface area contributed by atoms with Gasteiger partial charge in [-0.25, -0.2) is 22.2 Å². The van der Waals surface area contributed by atoms with Gasteiger partial charge in [0.25, 0.3) is 11.8 Å². The van der Waals surface area contributed by atoms with Crippen molar-refractivity contribution in [2.24, 2.45) is 0 Å². The molecule has 20 heteroatoms. The number of aromatic amines is 1. The summed E-state index contributed by atoms with van der Waals surface area (Å²) in [5, 5.41) is 8.44. The number of nitrogens with one attached hydrogen (secondary N) is 5. The third-order valence-electron chi connectivity index (χ3n) is 10.5. The van der Waals surface area contributed by atoms with E-state index in [9.17, 15) is 41.6 Å². The second-order valence-electron chi connectivity index (χ2n) is 14.9. The zero-order valence-corrected chi connectivity index (χ0v) is 35.2. The van der Waals surface area contributed by atoms with Crippen LogP contribution in [-0.2, 0) is 40.4 Å². The van der Waals surface area contributed by atoms with Crippen LogP contribution in [0.5, 0.6) is 0 Å². The number of ketones is 1. The van der Waals surface area contributed by atoms with E-state index in [0.29, 0.717) is 35.4 Å². The molecule has 334 valence electrons. The fourth-order valence-corrected chi connectivity index (χ4v) is 8.38. The molecule has 5 aromatic rings. The minimum Gasteiger partial charge on any atom is -0.383 e. The predicted octanol–water partition coefficient (Wildman–Crippen LogP) is 4.44. The first-order chi connectivity index (χ1) is 30.7. The Bertz CT molecular complexity index is 2760. The lowest BCUT2D eigenvalue weighted by atomic mass is 9.99. The Kier molecular flexibility index (Phi) is 13.9. The van der Waals surface area contributed by atoms with E-state index in [1.807, 2.05) is 12.1 Å². The van der Waals surface area contributed by atoms with Crippen LogP contribution in [-0.4, -0.2) is 103 Å². The van der Waals surface area contributed by atoms with E-state index in [1.54, 1.807) is 43.5 Å². The average molecular weight is 900 g/mol. The summed E-state index contributed by atoms with van der Waals surface area (Å²) in [6, 6.07) is 14.3. The van der Waals surface area contributed by atoms with Crippen LogP contribution in [0.25, 0.3) is 22.2 Å². The monoisotopic (exact) mass is 899 g/mol. The molecule has 17 nitrogen and oxygen atoms in total. The molecule has 0 saturated carbocycles. The van der Waals surface area contributed by atoms with Crippen molar-refractivity contribution < 1.29 is 55.4 Å². The highest BCUT2D eigenvalue weighted by Crippen LogP contribution is 2.31. The van der Waals surface area contributed by atoms with Crippen LogP contribution in [0.15, 0.2) is 73.1 Å². The number of carbonyl (C=O) groups excluding carboxylic acids is 6. The van der Waals surface area contributed by atoms with E-state index in [4.69, 9.17) is 9.47 Å². The molecule has 1 saturated heterocycles. The molecule has 2 aliphatic rings. The summed E-state index contributed by atoms with van der Waals surface area (Å²) >= 11 is 0. The molecule has 5 amide bonds. The normalized spacial score (nSPS) is 15.0. The van der Waals surface area contributed by atoms with Gasteiger partial charge in [0.05, 0.1) is 54.6 Å². The molecule has 0 aliphatic carbocycles. The van der Waals surface area contributed by atoms with E-state index >= 15 is 4.39 Å². The van der Waals surface area contributed by atoms with Crippen molar-refractivity contribution in [2.45, 2.75) is 45.2 Å². The fraction of sp³-hybridized carbons (Fsp3) is 0.295. The number of nitrogens with zero attached hydrogens (tertiary/aromatic N) is 2. The number of pyridine rings is 1. The quantitative estimate of drug-likeness (QED) is 0.0415. The number of hydrogen-bond donors (Lipinski definition) is 5. The number of aromatic nitrogens is 2. The van der Waals surface area contributed by atoms with Crippen molar-refractivity contribution in [3.63, 3.8) is 0 Å². The molecule has 64 heavy (non-hydrogen) atoms. The van der Waals surface area contributed by atoms with Crippen molar-refractivity contribution in [3.05, 3.63) is 113 Å². The number of piperidine rings is 1. The second kappa shape index (κ2) is 19.7. The van der Waals surface area contributed by atoms with Gasteiger partial charge in [-0.1, -0.05) is 31.2 Å². The molecule has 2 aromatic heterocycles. The van der Waals surface area contributed by atoms with E-state index in [0.717, 1.165) is 28.2 Å². The van der Waals surface area contributed by atoms with Crippen molar-refractivity contribution in [2.75, 3.05) is 48.8 Å². The molecule has 0 bridgehead atoms. The Morgan fingerprint density at radius 2 is 1.66 bits per heavy atom. The van der Waals surface area contributed by atoms with Crippen LogP contribution in [0.1, 0.15) is 74.8 Å². The van der Waals surface area contributed by atoms with E-state index in [1.165, 1.54) is 12.3 Å². The summed E-state index contributed by atoms with van der Waals surface area (Å²) < 4.78 is 68.0. The van der Waals surface area contributed by atoms with E-state index in [2.05, 4.69) is 30.6 Å². The Morgan fingerprint density at radius 1 is 0.906 bits per heavy atom. The minimum absolute atomic E-state index is 0.0391. The summed E-state index contributed by atoms with van der Waals surface area (Å²) in [5.74, 6) is -6.26. The van der Waals surface area contributed by atoms with Gasteiger partial charge in [-0.3, -0.25) is 43.7 Å². The van der Waals surface area contributed by atoms with Gasteiger partial charge in [-0.15, -0.1) is 0 Å². The van der Waals surface area contributed by atoms with Gasteiger partial charge in [-0.05, 0) is 60.4 Å². The molecular formula is C44H43F2N7O10S. The third kappa shape index (κ3) is 10.1. The number of carbonyl (C=O) groups is 6. The lowest BCUT2D eigenvalue weighted by Gasteiger charge is -2.27. The SMILES string of the molecule is CCCS(=O)(=O)Nc1ccc(F)c(C(=O)c2c[nH]c3ncc(-c4ccc(CNC(=O)CCOCCOCCNc5ccc6c(c5)C(=O)N(C5CCC(=O)NC5=O)C6=O)cc4)cc23)c1F.